The maximum Gasteiger partial charge on any atom is 0.0991 e. The molecule has 0 heterocycles. The zero-order valence-electron chi connectivity index (χ0n) is 12.0. The molecule has 0 aliphatic carbocycles. The summed E-state index contributed by atoms with van der Waals surface area (Å²) in [5, 5.41) is 12.4. The average Bonchev–Trinajstić information content (AvgIpc) is 2.54. The van der Waals surface area contributed by atoms with Crippen LogP contribution < -0.4 is 5.32 Å². The highest BCUT2D eigenvalue weighted by atomic mass is 32.2. The molecule has 2 rings (SSSR count). The van der Waals surface area contributed by atoms with Crippen LogP contribution >= 0.6 is 11.8 Å². The minimum Gasteiger partial charge on any atom is -0.378 e. The quantitative estimate of drug-likeness (QED) is 0.601. The smallest absolute Gasteiger partial charge is 0.0991 e. The summed E-state index contributed by atoms with van der Waals surface area (Å²) in [5.74, 6) is 0.893. The highest BCUT2D eigenvalue weighted by molar-refractivity contribution is 7.99. The van der Waals surface area contributed by atoms with Crippen LogP contribution in [0.25, 0.3) is 0 Å². The Hall–Kier alpha value is -2.18. The van der Waals surface area contributed by atoms with Crippen molar-refractivity contribution in [2.24, 2.45) is 0 Å². The number of hydrogen-bond acceptors (Lipinski definition) is 3. The first-order valence-corrected chi connectivity index (χ1v) is 7.82. The maximum atomic E-state index is 8.84. The first-order valence-electron chi connectivity index (χ1n) is 6.84. The molecule has 0 saturated heterocycles. The van der Waals surface area contributed by atoms with Crippen LogP contribution in [-0.2, 0) is 0 Å². The van der Waals surface area contributed by atoms with Gasteiger partial charge in [-0.1, -0.05) is 30.3 Å². The van der Waals surface area contributed by atoms with Gasteiger partial charge in [-0.15, -0.1) is 18.3 Å². The molecule has 21 heavy (non-hydrogen) atoms. The van der Waals surface area contributed by atoms with Crippen LogP contribution in [-0.4, -0.2) is 5.75 Å². The Morgan fingerprint density at radius 2 is 1.95 bits per heavy atom. The molecule has 2 aromatic carbocycles. The fourth-order valence-corrected chi connectivity index (χ4v) is 2.78. The highest BCUT2D eigenvalue weighted by Gasteiger charge is 2.08. The summed E-state index contributed by atoms with van der Waals surface area (Å²) in [4.78, 5) is 1.22. The molecule has 0 saturated carbocycles. The third-order valence-electron chi connectivity index (χ3n) is 3.16. The number of nitrogens with one attached hydrogen (secondary N) is 1. The lowest BCUT2D eigenvalue weighted by Gasteiger charge is -2.18. The Kier molecular flexibility index (Phi) is 5.48. The van der Waals surface area contributed by atoms with Crippen LogP contribution in [0.4, 0.5) is 5.69 Å². The minimum atomic E-state index is 0.184. The second-order valence-electron chi connectivity index (χ2n) is 4.70. The zero-order chi connectivity index (χ0) is 15.1. The number of hydrogen-bond donors (Lipinski definition) is 1. The van der Waals surface area contributed by atoms with E-state index in [1.54, 1.807) is 11.8 Å². The van der Waals surface area contributed by atoms with Crippen molar-refractivity contribution in [3.05, 3.63) is 72.3 Å². The summed E-state index contributed by atoms with van der Waals surface area (Å²) in [6.45, 7) is 5.88. The van der Waals surface area contributed by atoms with Gasteiger partial charge in [0.05, 0.1) is 11.6 Å². The van der Waals surface area contributed by atoms with Crippen LogP contribution in [0.3, 0.4) is 0 Å². The van der Waals surface area contributed by atoms with Gasteiger partial charge < -0.3 is 5.32 Å². The SMILES string of the molecule is C=CCSc1ccccc1NC(C)c1ccc(C#N)cc1. The van der Waals surface area contributed by atoms with Gasteiger partial charge in [0.2, 0.25) is 0 Å². The van der Waals surface area contributed by atoms with Gasteiger partial charge in [0, 0.05) is 22.4 Å². The minimum absolute atomic E-state index is 0.184. The second kappa shape index (κ2) is 7.56. The van der Waals surface area contributed by atoms with Gasteiger partial charge >= 0.3 is 0 Å². The third-order valence-corrected chi connectivity index (χ3v) is 4.22. The van der Waals surface area contributed by atoms with Gasteiger partial charge in [0.15, 0.2) is 0 Å². The summed E-state index contributed by atoms with van der Waals surface area (Å²) in [6, 6.07) is 18.3. The maximum absolute atomic E-state index is 8.84. The van der Waals surface area contributed by atoms with Crippen LogP contribution in [0.1, 0.15) is 24.1 Å². The van der Waals surface area contributed by atoms with E-state index >= 15 is 0 Å². The van der Waals surface area contributed by atoms with Crippen molar-refractivity contribution in [2.75, 3.05) is 11.1 Å². The lowest BCUT2D eigenvalue weighted by molar-refractivity contribution is 0.879. The van der Waals surface area contributed by atoms with E-state index in [9.17, 15) is 0 Å². The lowest BCUT2D eigenvalue weighted by atomic mass is 10.1. The van der Waals surface area contributed by atoms with Crippen LogP contribution in [0, 0.1) is 11.3 Å². The van der Waals surface area contributed by atoms with E-state index in [2.05, 4.69) is 37.0 Å². The largest absolute Gasteiger partial charge is 0.378 e. The first-order chi connectivity index (χ1) is 10.2. The van der Waals surface area contributed by atoms with E-state index in [1.165, 1.54) is 4.90 Å². The van der Waals surface area contributed by atoms with Crippen LogP contribution in [0.15, 0.2) is 66.1 Å². The molecule has 0 spiro atoms. The molecule has 2 nitrogen and oxygen atoms in total. The normalized spacial score (nSPS) is 11.4. The monoisotopic (exact) mass is 294 g/mol. The topological polar surface area (TPSA) is 35.8 Å². The predicted molar refractivity (Wildman–Crippen MR) is 90.6 cm³/mol. The third kappa shape index (κ3) is 4.14. The Bertz CT molecular complexity index is 641. The molecule has 106 valence electrons. The van der Waals surface area contributed by atoms with E-state index < -0.39 is 0 Å². The van der Waals surface area contributed by atoms with E-state index in [-0.39, 0.29) is 6.04 Å². The van der Waals surface area contributed by atoms with E-state index in [0.717, 1.165) is 17.0 Å². The number of thioether (sulfide) groups is 1. The van der Waals surface area contributed by atoms with Gasteiger partial charge in [-0.05, 0) is 36.8 Å². The Balaban J connectivity index is 2.13. The van der Waals surface area contributed by atoms with Crippen LogP contribution in [0.5, 0.6) is 0 Å². The van der Waals surface area contributed by atoms with Crippen molar-refractivity contribution >= 4 is 17.4 Å². The van der Waals surface area contributed by atoms with Gasteiger partial charge in [0.1, 0.15) is 0 Å². The van der Waals surface area contributed by atoms with E-state index in [4.69, 9.17) is 5.26 Å². The van der Waals surface area contributed by atoms with Crippen molar-refractivity contribution in [2.45, 2.75) is 17.9 Å². The second-order valence-corrected chi connectivity index (χ2v) is 5.76. The molecule has 0 amide bonds. The molecular formula is C18H18N2S. The standard InChI is InChI=1S/C18H18N2S/c1-3-12-21-18-7-5-4-6-17(18)20-14(2)16-10-8-15(13-19)9-11-16/h3-11,14,20H,1,12H2,2H3. The number of rotatable bonds is 6. The zero-order valence-corrected chi connectivity index (χ0v) is 12.9. The Labute approximate surface area is 130 Å². The fourth-order valence-electron chi connectivity index (χ4n) is 2.02. The molecule has 1 unspecified atom stereocenters. The Morgan fingerprint density at radius 3 is 2.62 bits per heavy atom. The molecule has 0 aliphatic rings. The molecule has 1 N–H and O–H groups in total. The van der Waals surface area contributed by atoms with Gasteiger partial charge in [-0.2, -0.15) is 5.26 Å². The van der Waals surface area contributed by atoms with Crippen molar-refractivity contribution in [1.29, 1.82) is 5.26 Å². The first kappa shape index (κ1) is 15.2. The molecule has 0 bridgehead atoms. The summed E-state index contributed by atoms with van der Waals surface area (Å²) in [6.07, 6.45) is 1.91. The van der Waals surface area contributed by atoms with Crippen molar-refractivity contribution in [3.63, 3.8) is 0 Å². The van der Waals surface area contributed by atoms with Crippen molar-refractivity contribution in [1.82, 2.24) is 0 Å². The Morgan fingerprint density at radius 1 is 1.24 bits per heavy atom. The van der Waals surface area contributed by atoms with Crippen molar-refractivity contribution < 1.29 is 0 Å². The number of anilines is 1. The number of para-hydroxylation sites is 1. The summed E-state index contributed by atoms with van der Waals surface area (Å²) >= 11 is 1.77. The van der Waals surface area contributed by atoms with E-state index in [0.29, 0.717) is 5.56 Å². The summed E-state index contributed by atoms with van der Waals surface area (Å²) in [5.41, 5.74) is 2.98. The molecule has 0 aromatic heterocycles. The fraction of sp³-hybridized carbons (Fsp3) is 0.167. The summed E-state index contributed by atoms with van der Waals surface area (Å²) < 4.78 is 0. The lowest BCUT2D eigenvalue weighted by Crippen LogP contribution is -2.07. The highest BCUT2D eigenvalue weighted by Crippen LogP contribution is 2.30. The molecule has 2 aromatic rings. The molecular weight excluding hydrogens is 276 g/mol. The number of nitriles is 1. The van der Waals surface area contributed by atoms with Crippen LogP contribution in [0.2, 0.25) is 0 Å². The number of nitrogens with zero attached hydrogens (tertiary/aromatic N) is 1. The molecule has 0 aliphatic heterocycles. The molecule has 1 atom stereocenters. The van der Waals surface area contributed by atoms with E-state index in [1.807, 2.05) is 42.5 Å². The number of benzene rings is 2. The molecule has 0 fully saturated rings. The molecule has 3 heteroatoms. The molecule has 0 radical (unpaired) electrons. The van der Waals surface area contributed by atoms with Crippen molar-refractivity contribution in [3.8, 4) is 6.07 Å². The van der Waals surface area contributed by atoms with Gasteiger partial charge in [0.25, 0.3) is 0 Å². The average molecular weight is 294 g/mol. The summed E-state index contributed by atoms with van der Waals surface area (Å²) in [7, 11) is 0. The van der Waals surface area contributed by atoms with Gasteiger partial charge in [-0.3, -0.25) is 0 Å². The van der Waals surface area contributed by atoms with Gasteiger partial charge in [-0.25, -0.2) is 0 Å². The predicted octanol–water partition coefficient (Wildman–Crippen LogP) is 5.01.